The number of methoxy groups -OCH3 is 1. The van der Waals surface area contributed by atoms with Crippen LogP contribution in [0.1, 0.15) is 29.5 Å². The third kappa shape index (κ3) is 7.26. The number of likely N-dealkylation sites (tertiary alicyclic amines) is 1. The molecule has 166 valence electrons. The highest BCUT2D eigenvalue weighted by molar-refractivity contribution is 6.30. The van der Waals surface area contributed by atoms with Crippen molar-refractivity contribution in [3.8, 4) is 0 Å². The molecule has 0 spiro atoms. The van der Waals surface area contributed by atoms with Crippen LogP contribution in [0.4, 0.5) is 5.69 Å². The van der Waals surface area contributed by atoms with Crippen molar-refractivity contribution >= 4 is 29.2 Å². The van der Waals surface area contributed by atoms with Gasteiger partial charge in [0.2, 0.25) is 0 Å². The van der Waals surface area contributed by atoms with Crippen molar-refractivity contribution in [2.75, 3.05) is 32.1 Å². The number of esters is 1. The Balaban J connectivity index is 1.57. The van der Waals surface area contributed by atoms with Crippen molar-refractivity contribution in [2.45, 2.75) is 38.1 Å². The van der Waals surface area contributed by atoms with Gasteiger partial charge in [-0.2, -0.15) is 0 Å². The first-order chi connectivity index (χ1) is 14.9. The maximum atomic E-state index is 11.8. The van der Waals surface area contributed by atoms with E-state index in [9.17, 15) is 9.59 Å². The Morgan fingerprint density at radius 1 is 1.13 bits per heavy atom. The summed E-state index contributed by atoms with van der Waals surface area (Å²) < 4.78 is 4.80. The van der Waals surface area contributed by atoms with Crippen LogP contribution in [-0.4, -0.2) is 54.7 Å². The number of aliphatic carboxylic acids is 1. The third-order valence-electron chi connectivity index (χ3n) is 5.65. The van der Waals surface area contributed by atoms with Gasteiger partial charge in [-0.25, -0.2) is 0 Å². The van der Waals surface area contributed by atoms with Gasteiger partial charge in [-0.15, -0.1) is 0 Å². The Kier molecular flexibility index (Phi) is 8.32. The maximum absolute atomic E-state index is 11.8. The number of nitrogens with one attached hydrogen (secondary N) is 1. The Labute approximate surface area is 188 Å². The minimum absolute atomic E-state index is 0.0465. The molecule has 0 aliphatic carbocycles. The second-order valence-corrected chi connectivity index (χ2v) is 8.39. The van der Waals surface area contributed by atoms with Gasteiger partial charge < -0.3 is 20.1 Å². The van der Waals surface area contributed by atoms with Crippen LogP contribution in [-0.2, 0) is 33.6 Å². The maximum Gasteiger partial charge on any atom is 0.310 e. The van der Waals surface area contributed by atoms with Crippen molar-refractivity contribution in [3.05, 3.63) is 64.2 Å². The van der Waals surface area contributed by atoms with E-state index in [1.165, 1.54) is 12.7 Å². The number of carboxylic acid groups (broad SMARTS) is 1. The largest absolute Gasteiger partial charge is 0.481 e. The molecule has 0 amide bonds. The topological polar surface area (TPSA) is 78.9 Å². The van der Waals surface area contributed by atoms with Gasteiger partial charge in [-0.1, -0.05) is 35.9 Å². The predicted octanol–water partition coefficient (Wildman–Crippen LogP) is 3.80. The average Bonchev–Trinajstić information content (AvgIpc) is 2.74. The molecule has 2 N–H and O–H groups in total. The van der Waals surface area contributed by atoms with E-state index in [4.69, 9.17) is 21.4 Å². The molecular formula is C24H29ClN2O4. The molecule has 0 atom stereocenters. The van der Waals surface area contributed by atoms with Crippen molar-refractivity contribution in [1.29, 1.82) is 0 Å². The van der Waals surface area contributed by atoms with E-state index < -0.39 is 5.97 Å². The number of hydrogen-bond donors (Lipinski definition) is 2. The predicted molar refractivity (Wildman–Crippen MR) is 122 cm³/mol. The zero-order valence-corrected chi connectivity index (χ0v) is 18.5. The number of halogens is 1. The van der Waals surface area contributed by atoms with Crippen LogP contribution < -0.4 is 5.32 Å². The van der Waals surface area contributed by atoms with E-state index in [0.717, 1.165) is 55.2 Å². The molecule has 3 rings (SSSR count). The summed E-state index contributed by atoms with van der Waals surface area (Å²) in [5, 5.41) is 13.4. The Morgan fingerprint density at radius 3 is 2.58 bits per heavy atom. The first kappa shape index (κ1) is 23.1. The summed E-state index contributed by atoms with van der Waals surface area (Å²) in [5.41, 5.74) is 3.60. The molecule has 31 heavy (non-hydrogen) atoms. The lowest BCUT2D eigenvalue weighted by Crippen LogP contribution is -2.40. The minimum atomic E-state index is -0.875. The van der Waals surface area contributed by atoms with Gasteiger partial charge in [0.15, 0.2) is 0 Å². The van der Waals surface area contributed by atoms with E-state index in [0.29, 0.717) is 5.56 Å². The highest BCUT2D eigenvalue weighted by atomic mass is 35.5. The molecule has 1 aliphatic rings. The van der Waals surface area contributed by atoms with Gasteiger partial charge in [0, 0.05) is 36.4 Å². The number of carbonyl (C=O) groups is 2. The Hall–Kier alpha value is -2.57. The van der Waals surface area contributed by atoms with Crippen molar-refractivity contribution in [1.82, 2.24) is 4.90 Å². The number of carboxylic acids is 1. The Morgan fingerprint density at radius 2 is 1.90 bits per heavy atom. The number of rotatable bonds is 9. The SMILES string of the molecule is COC(=O)Cc1ccc(CC(=O)O)cc1NC1CCN(CCc2cccc(Cl)c2)CC1. The van der Waals surface area contributed by atoms with Gasteiger partial charge in [0.25, 0.3) is 0 Å². The van der Waals surface area contributed by atoms with Crippen LogP contribution in [0.15, 0.2) is 42.5 Å². The monoisotopic (exact) mass is 444 g/mol. The van der Waals surface area contributed by atoms with E-state index in [-0.39, 0.29) is 24.9 Å². The lowest BCUT2D eigenvalue weighted by Gasteiger charge is -2.33. The van der Waals surface area contributed by atoms with Crippen LogP contribution in [0.5, 0.6) is 0 Å². The molecule has 1 saturated heterocycles. The quantitative estimate of drug-likeness (QED) is 0.573. The van der Waals surface area contributed by atoms with Gasteiger partial charge >= 0.3 is 11.9 Å². The molecule has 6 nitrogen and oxygen atoms in total. The molecular weight excluding hydrogens is 416 g/mol. The summed E-state index contributed by atoms with van der Waals surface area (Å²) >= 11 is 6.07. The normalized spacial score (nSPS) is 14.9. The van der Waals surface area contributed by atoms with Crippen molar-refractivity contribution < 1.29 is 19.4 Å². The fourth-order valence-electron chi connectivity index (χ4n) is 3.92. The fraction of sp³-hybridized carbons (Fsp3) is 0.417. The van der Waals surface area contributed by atoms with Crippen LogP contribution in [0, 0.1) is 0 Å². The zero-order chi connectivity index (χ0) is 22.2. The third-order valence-corrected chi connectivity index (χ3v) is 5.88. The number of nitrogens with zero attached hydrogens (tertiary/aromatic N) is 1. The van der Waals surface area contributed by atoms with Crippen molar-refractivity contribution in [3.63, 3.8) is 0 Å². The van der Waals surface area contributed by atoms with E-state index in [1.54, 1.807) is 6.07 Å². The van der Waals surface area contributed by atoms with Gasteiger partial charge in [0.1, 0.15) is 0 Å². The first-order valence-electron chi connectivity index (χ1n) is 10.6. The number of benzene rings is 2. The van der Waals surface area contributed by atoms with Crippen LogP contribution >= 0.6 is 11.6 Å². The van der Waals surface area contributed by atoms with Crippen LogP contribution in [0.2, 0.25) is 5.02 Å². The second-order valence-electron chi connectivity index (χ2n) is 7.96. The summed E-state index contributed by atoms with van der Waals surface area (Å²) in [5.74, 6) is -1.19. The lowest BCUT2D eigenvalue weighted by molar-refractivity contribution is -0.140. The summed E-state index contributed by atoms with van der Waals surface area (Å²) in [4.78, 5) is 25.3. The number of ether oxygens (including phenoxy) is 1. The molecule has 1 heterocycles. The number of anilines is 1. The first-order valence-corrected chi connectivity index (χ1v) is 10.9. The molecule has 1 fully saturated rings. The molecule has 2 aromatic rings. The molecule has 0 bridgehead atoms. The fourth-order valence-corrected chi connectivity index (χ4v) is 4.14. The number of hydrogen-bond acceptors (Lipinski definition) is 5. The van der Waals surface area contributed by atoms with Gasteiger partial charge in [-0.3, -0.25) is 9.59 Å². The highest BCUT2D eigenvalue weighted by Gasteiger charge is 2.20. The molecule has 1 aliphatic heterocycles. The number of carbonyl (C=O) groups excluding carboxylic acids is 1. The van der Waals surface area contributed by atoms with E-state index in [2.05, 4.69) is 16.3 Å². The van der Waals surface area contributed by atoms with Crippen LogP contribution in [0.25, 0.3) is 0 Å². The van der Waals surface area contributed by atoms with E-state index in [1.807, 2.05) is 30.3 Å². The average molecular weight is 445 g/mol. The van der Waals surface area contributed by atoms with Gasteiger partial charge in [0.05, 0.1) is 20.0 Å². The summed E-state index contributed by atoms with van der Waals surface area (Å²) in [7, 11) is 1.37. The van der Waals surface area contributed by atoms with E-state index >= 15 is 0 Å². The molecule has 2 aromatic carbocycles. The molecule has 0 saturated carbocycles. The molecule has 0 unspecified atom stereocenters. The summed E-state index contributed by atoms with van der Waals surface area (Å²) in [6.45, 7) is 2.97. The second kappa shape index (κ2) is 11.2. The van der Waals surface area contributed by atoms with Crippen LogP contribution in [0.3, 0.4) is 0 Å². The Bertz CT molecular complexity index is 910. The van der Waals surface area contributed by atoms with Gasteiger partial charge in [-0.05, 0) is 54.2 Å². The molecule has 7 heteroatoms. The molecule has 0 aromatic heterocycles. The lowest BCUT2D eigenvalue weighted by atomic mass is 10.0. The van der Waals surface area contributed by atoms with Crippen molar-refractivity contribution in [2.24, 2.45) is 0 Å². The smallest absolute Gasteiger partial charge is 0.310 e. The zero-order valence-electron chi connectivity index (χ0n) is 17.8. The number of piperidine rings is 1. The standard InChI is InChI=1S/C24H29ClN2O4/c1-31-24(30)16-19-6-5-18(15-23(28)29)14-22(19)26-21-8-11-27(12-9-21)10-7-17-3-2-4-20(25)13-17/h2-6,13-14,21,26H,7-12,15-16H2,1H3,(H,28,29). The summed E-state index contributed by atoms with van der Waals surface area (Å²) in [6.07, 6.45) is 3.05. The highest BCUT2D eigenvalue weighted by Crippen LogP contribution is 2.24. The minimum Gasteiger partial charge on any atom is -0.481 e. The summed E-state index contributed by atoms with van der Waals surface area (Å²) in [6, 6.07) is 13.7. The molecule has 0 radical (unpaired) electrons.